The number of aryl methyl sites for hydroxylation is 1. The summed E-state index contributed by atoms with van der Waals surface area (Å²) in [6.45, 7) is 1.88. The lowest BCUT2D eigenvalue weighted by Gasteiger charge is -2.29. The monoisotopic (exact) mass is 427 g/mol. The molecule has 0 aromatic heterocycles. The number of amides is 1. The molecule has 0 fully saturated rings. The summed E-state index contributed by atoms with van der Waals surface area (Å²) in [4.78, 5) is 12.4. The van der Waals surface area contributed by atoms with Gasteiger partial charge in [0.1, 0.15) is 6.04 Å². The number of carbonyl (C=O) groups excluding carboxylic acids is 1. The van der Waals surface area contributed by atoms with Crippen molar-refractivity contribution in [1.29, 1.82) is 0 Å². The highest BCUT2D eigenvalue weighted by molar-refractivity contribution is 7.87. The quantitative estimate of drug-likeness (QED) is 0.372. The molecular formula is C17H21N3O6S2. The Morgan fingerprint density at radius 2 is 1.71 bits per heavy atom. The Hall–Kier alpha value is -2.47. The van der Waals surface area contributed by atoms with Gasteiger partial charge in [0.2, 0.25) is 5.91 Å². The van der Waals surface area contributed by atoms with E-state index in [0.29, 0.717) is 11.3 Å². The summed E-state index contributed by atoms with van der Waals surface area (Å²) < 4.78 is 55.4. The Morgan fingerprint density at radius 3 is 2.18 bits per heavy atom. The number of hydrogen-bond acceptors (Lipinski definition) is 4. The number of carbonyl (C=O) groups is 1. The predicted molar refractivity (Wildman–Crippen MR) is 108 cm³/mol. The molecular weight excluding hydrogens is 406 g/mol. The first-order valence-electron chi connectivity index (χ1n) is 8.13. The van der Waals surface area contributed by atoms with Crippen LogP contribution < -0.4 is 14.3 Å². The van der Waals surface area contributed by atoms with Crippen LogP contribution in [0.4, 0.5) is 11.4 Å². The number of benzene rings is 2. The molecule has 0 bridgehead atoms. The molecule has 1 amide bonds. The van der Waals surface area contributed by atoms with Crippen LogP contribution in [-0.2, 0) is 32.8 Å². The van der Waals surface area contributed by atoms with Crippen molar-refractivity contribution in [2.24, 2.45) is 0 Å². The van der Waals surface area contributed by atoms with Crippen LogP contribution in [0.3, 0.4) is 0 Å². The molecule has 2 unspecified atom stereocenters. The smallest absolute Gasteiger partial charge is 0.357 e. The van der Waals surface area contributed by atoms with E-state index < -0.39 is 33.5 Å². The minimum atomic E-state index is -4.39. The van der Waals surface area contributed by atoms with Gasteiger partial charge in [-0.2, -0.15) is 8.42 Å². The zero-order valence-corrected chi connectivity index (χ0v) is 16.8. The Morgan fingerprint density at radius 1 is 1.14 bits per heavy atom. The van der Waals surface area contributed by atoms with Crippen LogP contribution in [0.5, 0.6) is 0 Å². The number of hydrogen-bond donors (Lipinski definition) is 4. The summed E-state index contributed by atoms with van der Waals surface area (Å²) in [6, 6.07) is 11.8. The molecule has 0 spiro atoms. The van der Waals surface area contributed by atoms with Gasteiger partial charge in [0.15, 0.2) is 0 Å². The molecule has 2 atom stereocenters. The lowest BCUT2D eigenvalue weighted by atomic mass is 10.0. The number of anilines is 2. The van der Waals surface area contributed by atoms with Gasteiger partial charge in [0.05, 0.1) is 11.4 Å². The van der Waals surface area contributed by atoms with Crippen LogP contribution in [0.25, 0.3) is 0 Å². The van der Waals surface area contributed by atoms with Crippen LogP contribution >= 0.6 is 0 Å². The maximum absolute atomic E-state index is 12.4. The number of nitrogens with zero attached hydrogens (tertiary/aromatic N) is 1. The van der Waals surface area contributed by atoms with E-state index in [0.717, 1.165) is 9.87 Å². The van der Waals surface area contributed by atoms with Crippen molar-refractivity contribution in [3.63, 3.8) is 0 Å². The summed E-state index contributed by atoms with van der Waals surface area (Å²) in [5.41, 5.74) is 2.14. The number of rotatable bonds is 8. The third-order valence-corrected chi connectivity index (χ3v) is 5.21. The van der Waals surface area contributed by atoms with Crippen LogP contribution in [0.15, 0.2) is 48.5 Å². The van der Waals surface area contributed by atoms with Crippen molar-refractivity contribution in [3.8, 4) is 0 Å². The highest BCUT2D eigenvalue weighted by Crippen LogP contribution is 2.22. The molecule has 152 valence electrons. The average molecular weight is 428 g/mol. The Kier molecular flexibility index (Phi) is 7.13. The molecule has 4 N–H and O–H groups in total. The number of nitrogens with one attached hydrogen (secondary N) is 2. The molecule has 9 nitrogen and oxygen atoms in total. The van der Waals surface area contributed by atoms with Crippen LogP contribution in [0.2, 0.25) is 0 Å². The summed E-state index contributed by atoms with van der Waals surface area (Å²) in [7, 11) is -2.96. The lowest BCUT2D eigenvalue weighted by Crippen LogP contribution is -2.48. The largest absolute Gasteiger partial charge is 0.357 e. The van der Waals surface area contributed by atoms with Crippen LogP contribution in [-0.4, -0.2) is 40.7 Å². The van der Waals surface area contributed by atoms with Gasteiger partial charge in [-0.25, -0.2) is 4.21 Å². The molecule has 28 heavy (non-hydrogen) atoms. The molecule has 2 aromatic rings. The van der Waals surface area contributed by atoms with Crippen LogP contribution in [0, 0.1) is 6.92 Å². The van der Waals surface area contributed by atoms with E-state index in [-0.39, 0.29) is 12.1 Å². The molecule has 0 radical (unpaired) electrons. The zero-order valence-electron chi connectivity index (χ0n) is 15.2. The second kappa shape index (κ2) is 9.15. The van der Waals surface area contributed by atoms with Crippen molar-refractivity contribution in [1.82, 2.24) is 5.32 Å². The van der Waals surface area contributed by atoms with E-state index in [9.17, 15) is 22.0 Å². The van der Waals surface area contributed by atoms with Crippen molar-refractivity contribution < 1.29 is 26.5 Å². The van der Waals surface area contributed by atoms with E-state index in [1.54, 1.807) is 36.4 Å². The SMILES string of the molecule is CNC(=O)C(Cc1ccc(NS(=O)(=O)O)cc1)N(c1ccc(C)cc1)S(=O)O. The third kappa shape index (κ3) is 6.02. The van der Waals surface area contributed by atoms with Crippen molar-refractivity contribution in [2.45, 2.75) is 19.4 Å². The first-order valence-corrected chi connectivity index (χ1v) is 10.6. The van der Waals surface area contributed by atoms with Gasteiger partial charge in [-0.3, -0.25) is 22.9 Å². The zero-order chi connectivity index (χ0) is 20.9. The van der Waals surface area contributed by atoms with Gasteiger partial charge in [0.25, 0.3) is 11.3 Å². The minimum absolute atomic E-state index is 0.0893. The molecule has 0 aliphatic carbocycles. The normalized spacial score (nSPS) is 13.4. The molecule has 0 aliphatic rings. The maximum Gasteiger partial charge on any atom is 0.357 e. The lowest BCUT2D eigenvalue weighted by molar-refractivity contribution is -0.121. The molecule has 0 heterocycles. The summed E-state index contributed by atoms with van der Waals surface area (Å²) in [5, 5.41) is 2.49. The topological polar surface area (TPSA) is 136 Å². The van der Waals surface area contributed by atoms with E-state index in [1.165, 1.54) is 19.2 Å². The van der Waals surface area contributed by atoms with E-state index >= 15 is 0 Å². The fourth-order valence-corrected chi connectivity index (χ4v) is 3.72. The van der Waals surface area contributed by atoms with Gasteiger partial charge in [0, 0.05) is 13.5 Å². The van der Waals surface area contributed by atoms with Crippen molar-refractivity contribution in [2.75, 3.05) is 16.1 Å². The van der Waals surface area contributed by atoms with Gasteiger partial charge in [-0.15, -0.1) is 0 Å². The van der Waals surface area contributed by atoms with E-state index in [4.69, 9.17) is 4.55 Å². The highest BCUT2D eigenvalue weighted by atomic mass is 32.2. The first-order chi connectivity index (χ1) is 13.1. The minimum Gasteiger partial charge on any atom is -0.357 e. The van der Waals surface area contributed by atoms with Gasteiger partial charge < -0.3 is 5.32 Å². The molecule has 11 heteroatoms. The second-order valence-corrected chi connectivity index (χ2v) is 8.01. The fourth-order valence-electron chi connectivity index (χ4n) is 2.60. The van der Waals surface area contributed by atoms with Crippen molar-refractivity contribution >= 4 is 38.9 Å². The van der Waals surface area contributed by atoms with Crippen LogP contribution in [0.1, 0.15) is 11.1 Å². The highest BCUT2D eigenvalue weighted by Gasteiger charge is 2.30. The Labute approximate surface area is 166 Å². The summed E-state index contributed by atoms with van der Waals surface area (Å²) in [5.74, 6) is -0.455. The van der Waals surface area contributed by atoms with Gasteiger partial charge in [-0.1, -0.05) is 29.8 Å². The van der Waals surface area contributed by atoms with E-state index in [2.05, 4.69) is 5.32 Å². The fraction of sp³-hybridized carbons (Fsp3) is 0.235. The van der Waals surface area contributed by atoms with Gasteiger partial charge >= 0.3 is 10.3 Å². The summed E-state index contributed by atoms with van der Waals surface area (Å²) in [6.07, 6.45) is 0.0893. The van der Waals surface area contributed by atoms with Gasteiger partial charge in [-0.05, 0) is 36.8 Å². The van der Waals surface area contributed by atoms with E-state index in [1.807, 2.05) is 11.6 Å². The molecule has 0 saturated carbocycles. The molecule has 2 rings (SSSR count). The maximum atomic E-state index is 12.4. The predicted octanol–water partition coefficient (Wildman–Crippen LogP) is 1.51. The molecule has 2 aromatic carbocycles. The molecule has 0 aliphatic heterocycles. The Bertz CT molecular complexity index is 946. The number of likely N-dealkylation sites (N-methyl/N-ethyl adjacent to an activating group) is 1. The third-order valence-electron chi connectivity index (χ3n) is 3.92. The molecule has 0 saturated heterocycles. The standard InChI is InChI=1S/C17H21N3O6S2/c1-12-3-9-15(10-4-12)20(27(22)23)16(17(21)18-2)11-13-5-7-14(8-6-13)19-28(24,25)26/h3-10,16,19H,11H2,1-2H3,(H,18,21)(H,22,23)(H,24,25,26). The van der Waals surface area contributed by atoms with Crippen molar-refractivity contribution in [3.05, 3.63) is 59.7 Å². The first kappa shape index (κ1) is 21.8. The summed E-state index contributed by atoms with van der Waals surface area (Å²) >= 11 is -2.46. The Balaban J connectivity index is 2.33. The second-order valence-electron chi connectivity index (χ2n) is 6.00. The average Bonchev–Trinajstić information content (AvgIpc) is 2.62.